The van der Waals surface area contributed by atoms with Crippen molar-refractivity contribution in [2.75, 3.05) is 6.54 Å². The maximum Gasteiger partial charge on any atom is 0.274 e. The number of hydrogen-bond donors (Lipinski definition) is 1. The summed E-state index contributed by atoms with van der Waals surface area (Å²) in [6, 6.07) is -0.719. The van der Waals surface area contributed by atoms with Crippen LogP contribution >= 0.6 is 0 Å². The van der Waals surface area contributed by atoms with E-state index in [0.717, 1.165) is 6.29 Å². The molecular weight excluding hydrogens is 221 g/mol. The van der Waals surface area contributed by atoms with E-state index < -0.39 is 18.7 Å². The zero-order valence-electron chi connectivity index (χ0n) is 9.63. The Kier molecular flexibility index (Phi) is 4.27. The van der Waals surface area contributed by atoms with Crippen LogP contribution < -0.4 is 5.73 Å². The van der Waals surface area contributed by atoms with Crippen molar-refractivity contribution < 1.29 is 14.4 Å². The van der Waals surface area contributed by atoms with Crippen LogP contribution in [0.2, 0.25) is 13.1 Å². The van der Waals surface area contributed by atoms with Crippen LogP contribution in [-0.4, -0.2) is 42.3 Å². The van der Waals surface area contributed by atoms with Crippen LogP contribution in [0.4, 0.5) is 0 Å². The Balaban J connectivity index is 2.73. The van der Waals surface area contributed by atoms with Gasteiger partial charge in [-0.2, -0.15) is 0 Å². The highest BCUT2D eigenvalue weighted by molar-refractivity contribution is 6.68. The molecule has 1 fully saturated rings. The number of primary amides is 1. The van der Waals surface area contributed by atoms with E-state index >= 15 is 0 Å². The minimum Gasteiger partial charge on any atom is -0.368 e. The Hall–Kier alpha value is -1.84. The lowest BCUT2D eigenvalue weighted by Crippen LogP contribution is -2.44. The van der Waals surface area contributed by atoms with E-state index in [1.165, 1.54) is 4.90 Å². The van der Waals surface area contributed by atoms with Crippen molar-refractivity contribution >= 4 is 24.8 Å². The summed E-state index contributed by atoms with van der Waals surface area (Å²) in [6.07, 6.45) is 1.06. The first-order valence-electron chi connectivity index (χ1n) is 5.43. The second-order valence-electron chi connectivity index (χ2n) is 4.33. The number of nitrogens with zero attached hydrogens (tertiary/aromatic N) is 2. The fraction of sp³-hybridized carbons (Fsp3) is 0.600. The highest BCUT2D eigenvalue weighted by Crippen LogP contribution is 2.22. The molecule has 0 bridgehead atoms. The lowest BCUT2D eigenvalue weighted by atomic mass is 9.51. The second kappa shape index (κ2) is 5.48. The SMILES string of the molecule is CB(C#N)CC(=O)N1CC(C=O)CC1C(N)=O. The number of nitriles is 1. The minimum atomic E-state index is -0.719. The van der Waals surface area contributed by atoms with Crippen LogP contribution in [0.3, 0.4) is 0 Å². The number of rotatable bonds is 4. The first-order chi connectivity index (χ1) is 7.99. The Morgan fingerprint density at radius 3 is 2.76 bits per heavy atom. The molecule has 1 heterocycles. The third-order valence-electron chi connectivity index (χ3n) is 2.88. The van der Waals surface area contributed by atoms with Gasteiger partial charge in [-0.05, 0) is 6.42 Å². The molecule has 2 atom stereocenters. The third kappa shape index (κ3) is 3.06. The van der Waals surface area contributed by atoms with Crippen LogP contribution in [0, 0.1) is 17.1 Å². The van der Waals surface area contributed by atoms with Gasteiger partial charge in [0.1, 0.15) is 12.3 Å². The van der Waals surface area contributed by atoms with E-state index in [2.05, 4.69) is 0 Å². The van der Waals surface area contributed by atoms with Gasteiger partial charge in [-0.15, -0.1) is 0 Å². The Labute approximate surface area is 99.8 Å². The molecule has 0 aromatic rings. The molecule has 2 N–H and O–H groups in total. The number of carbonyl (C=O) groups excluding carboxylic acids is 3. The number of amides is 2. The van der Waals surface area contributed by atoms with E-state index in [9.17, 15) is 14.4 Å². The second-order valence-corrected chi connectivity index (χ2v) is 4.33. The molecule has 1 rings (SSSR count). The van der Waals surface area contributed by atoms with Crippen molar-refractivity contribution in [1.29, 1.82) is 5.26 Å². The van der Waals surface area contributed by atoms with Crippen LogP contribution in [0.5, 0.6) is 0 Å². The van der Waals surface area contributed by atoms with Gasteiger partial charge in [-0.3, -0.25) is 9.59 Å². The summed E-state index contributed by atoms with van der Waals surface area (Å²) in [6.45, 7) is 1.43. The van der Waals surface area contributed by atoms with E-state index in [-0.39, 0.29) is 31.1 Å². The quantitative estimate of drug-likeness (QED) is 0.502. The number of hydrogen-bond acceptors (Lipinski definition) is 4. The van der Waals surface area contributed by atoms with Gasteiger partial charge in [0, 0.05) is 24.8 Å². The maximum atomic E-state index is 11.8. The summed E-state index contributed by atoms with van der Waals surface area (Å²) in [5, 5.41) is 8.63. The van der Waals surface area contributed by atoms with Crippen LogP contribution in [0.15, 0.2) is 0 Å². The number of nitrogens with two attached hydrogens (primary N) is 1. The highest BCUT2D eigenvalue weighted by atomic mass is 16.2. The zero-order chi connectivity index (χ0) is 13.0. The number of likely N-dealkylation sites (tertiary alicyclic amines) is 1. The van der Waals surface area contributed by atoms with E-state index in [4.69, 9.17) is 11.0 Å². The summed E-state index contributed by atoms with van der Waals surface area (Å²) in [5.74, 6) is 0.713. The molecule has 0 aromatic heterocycles. The molecule has 90 valence electrons. The molecule has 7 heteroatoms. The third-order valence-corrected chi connectivity index (χ3v) is 2.88. The lowest BCUT2D eigenvalue weighted by Gasteiger charge is -2.22. The van der Waals surface area contributed by atoms with Gasteiger partial charge in [-0.1, -0.05) is 6.82 Å². The van der Waals surface area contributed by atoms with Crippen molar-refractivity contribution in [2.45, 2.75) is 25.6 Å². The van der Waals surface area contributed by atoms with E-state index in [1.807, 2.05) is 5.97 Å². The van der Waals surface area contributed by atoms with Gasteiger partial charge >= 0.3 is 0 Å². The monoisotopic (exact) mass is 235 g/mol. The molecule has 2 amide bonds. The average Bonchev–Trinajstić information content (AvgIpc) is 2.72. The largest absolute Gasteiger partial charge is 0.368 e. The first-order valence-corrected chi connectivity index (χ1v) is 5.43. The van der Waals surface area contributed by atoms with Gasteiger partial charge in [0.2, 0.25) is 11.8 Å². The molecule has 0 saturated carbocycles. The van der Waals surface area contributed by atoms with Gasteiger partial charge in [0.05, 0.1) is 0 Å². The zero-order valence-corrected chi connectivity index (χ0v) is 9.63. The first kappa shape index (κ1) is 13.2. The Bertz CT molecular complexity index is 379. The summed E-state index contributed by atoms with van der Waals surface area (Å²) < 4.78 is 0. The normalized spacial score (nSPS) is 22.9. The van der Waals surface area contributed by atoms with Gasteiger partial charge < -0.3 is 15.4 Å². The van der Waals surface area contributed by atoms with Crippen molar-refractivity contribution in [1.82, 2.24) is 4.90 Å². The molecule has 2 unspecified atom stereocenters. The molecule has 6 nitrogen and oxygen atoms in total. The van der Waals surface area contributed by atoms with Gasteiger partial charge in [0.25, 0.3) is 6.71 Å². The molecule has 1 aliphatic rings. The van der Waals surface area contributed by atoms with Crippen LogP contribution in [0.25, 0.3) is 0 Å². The Morgan fingerprint density at radius 2 is 2.29 bits per heavy atom. The van der Waals surface area contributed by atoms with E-state index in [1.54, 1.807) is 6.82 Å². The van der Waals surface area contributed by atoms with Crippen molar-refractivity contribution in [3.63, 3.8) is 0 Å². The average molecular weight is 235 g/mol. The fourth-order valence-corrected chi connectivity index (χ4v) is 1.94. The molecular formula is C10H14BN3O3. The molecule has 0 aliphatic carbocycles. The highest BCUT2D eigenvalue weighted by Gasteiger charge is 2.38. The smallest absolute Gasteiger partial charge is 0.274 e. The fourth-order valence-electron chi connectivity index (χ4n) is 1.94. The van der Waals surface area contributed by atoms with Crippen LogP contribution in [-0.2, 0) is 14.4 Å². The molecule has 17 heavy (non-hydrogen) atoms. The summed E-state index contributed by atoms with van der Waals surface area (Å²) >= 11 is 0. The maximum absolute atomic E-state index is 11.8. The van der Waals surface area contributed by atoms with Crippen molar-refractivity contribution in [3.05, 3.63) is 0 Å². The summed E-state index contributed by atoms with van der Waals surface area (Å²) in [4.78, 5) is 35.0. The predicted molar refractivity (Wildman–Crippen MR) is 60.9 cm³/mol. The predicted octanol–water partition coefficient (Wildman–Crippen LogP) is -0.925. The Morgan fingerprint density at radius 1 is 1.65 bits per heavy atom. The summed E-state index contributed by atoms with van der Waals surface area (Å²) in [7, 11) is 0. The number of aldehydes is 1. The van der Waals surface area contributed by atoms with Crippen molar-refractivity contribution in [2.24, 2.45) is 11.7 Å². The van der Waals surface area contributed by atoms with Crippen LogP contribution in [0.1, 0.15) is 6.42 Å². The lowest BCUT2D eigenvalue weighted by molar-refractivity contribution is -0.135. The standard InChI is InChI=1S/C10H14BN3O3/c1-11(6-12)3-9(16)14-4-7(5-15)2-8(14)10(13)17/h5,7-8H,2-4H2,1H3,(H2,13,17). The molecule has 0 aromatic carbocycles. The molecule has 1 aliphatic heterocycles. The molecule has 0 radical (unpaired) electrons. The van der Waals surface area contributed by atoms with E-state index in [0.29, 0.717) is 0 Å². The molecule has 0 spiro atoms. The van der Waals surface area contributed by atoms with Crippen molar-refractivity contribution in [3.8, 4) is 5.97 Å². The van der Waals surface area contributed by atoms with Gasteiger partial charge in [-0.25, -0.2) is 5.26 Å². The summed E-state index contributed by atoms with van der Waals surface area (Å²) in [5.41, 5.74) is 5.19. The van der Waals surface area contributed by atoms with Gasteiger partial charge in [0.15, 0.2) is 0 Å². The minimum absolute atomic E-state index is 0.0475. The number of carbonyl (C=O) groups is 3. The molecule has 1 saturated heterocycles. The topological polar surface area (TPSA) is 104 Å².